The predicted molar refractivity (Wildman–Crippen MR) is 75.4 cm³/mol. The van der Waals surface area contributed by atoms with Crippen LogP contribution in [0.2, 0.25) is 0 Å². The summed E-state index contributed by atoms with van der Waals surface area (Å²) in [7, 11) is 1.37. The van der Waals surface area contributed by atoms with Crippen molar-refractivity contribution in [1.29, 1.82) is 0 Å². The van der Waals surface area contributed by atoms with Crippen molar-refractivity contribution in [2.45, 2.75) is 13.8 Å². The minimum atomic E-state index is -0.346. The van der Waals surface area contributed by atoms with E-state index in [1.807, 2.05) is 6.07 Å². The smallest absolute Gasteiger partial charge is 0.337 e. The minimum absolute atomic E-state index is 0.346. The first-order chi connectivity index (χ1) is 8.58. The molecule has 0 aliphatic heterocycles. The molecule has 0 radical (unpaired) electrons. The molecule has 0 aliphatic rings. The number of halogens is 1. The van der Waals surface area contributed by atoms with Crippen molar-refractivity contribution in [3.8, 4) is 5.75 Å². The van der Waals surface area contributed by atoms with Gasteiger partial charge < -0.3 is 9.47 Å². The van der Waals surface area contributed by atoms with E-state index in [0.717, 1.165) is 5.33 Å². The topological polar surface area (TPSA) is 35.5 Å². The van der Waals surface area contributed by atoms with Gasteiger partial charge in [-0.1, -0.05) is 35.8 Å². The summed E-state index contributed by atoms with van der Waals surface area (Å²) in [6, 6.07) is 7.05. The summed E-state index contributed by atoms with van der Waals surface area (Å²) in [5.74, 6) is 1.35. The Morgan fingerprint density at radius 3 is 2.67 bits per heavy atom. The molecule has 1 atom stereocenters. The number of esters is 1. The van der Waals surface area contributed by atoms with Gasteiger partial charge in [0.05, 0.1) is 19.3 Å². The summed E-state index contributed by atoms with van der Waals surface area (Å²) in [5, 5.41) is 0.904. The third-order valence-electron chi connectivity index (χ3n) is 2.86. The molecule has 1 rings (SSSR count). The lowest BCUT2D eigenvalue weighted by Gasteiger charge is -2.18. The lowest BCUT2D eigenvalue weighted by Crippen LogP contribution is -2.19. The van der Waals surface area contributed by atoms with Crippen LogP contribution < -0.4 is 4.74 Å². The van der Waals surface area contributed by atoms with E-state index in [-0.39, 0.29) is 5.97 Å². The predicted octanol–water partition coefficient (Wildman–Crippen LogP) is 3.52. The van der Waals surface area contributed by atoms with Gasteiger partial charge in [0.1, 0.15) is 5.75 Å². The summed E-state index contributed by atoms with van der Waals surface area (Å²) in [6.07, 6.45) is 0. The highest BCUT2D eigenvalue weighted by molar-refractivity contribution is 9.09. The van der Waals surface area contributed by atoms with Crippen molar-refractivity contribution in [3.63, 3.8) is 0 Å². The Balaban J connectivity index is 2.65. The molecule has 0 heterocycles. The molecule has 1 aromatic carbocycles. The lowest BCUT2D eigenvalue weighted by atomic mass is 9.99. The van der Waals surface area contributed by atoms with Crippen molar-refractivity contribution < 1.29 is 14.3 Å². The number of carbonyl (C=O) groups is 1. The zero-order valence-corrected chi connectivity index (χ0v) is 12.6. The Morgan fingerprint density at radius 1 is 1.39 bits per heavy atom. The van der Waals surface area contributed by atoms with Gasteiger partial charge in [-0.2, -0.15) is 0 Å². The average molecular weight is 315 g/mol. The number of hydrogen-bond acceptors (Lipinski definition) is 3. The van der Waals surface area contributed by atoms with Crippen LogP contribution in [0.3, 0.4) is 0 Å². The van der Waals surface area contributed by atoms with Crippen LogP contribution in [0, 0.1) is 11.8 Å². The van der Waals surface area contributed by atoms with E-state index in [2.05, 4.69) is 34.5 Å². The van der Waals surface area contributed by atoms with Gasteiger partial charge in [-0.3, -0.25) is 0 Å². The third-order valence-corrected chi connectivity index (χ3v) is 3.69. The summed E-state index contributed by atoms with van der Waals surface area (Å²) < 4.78 is 10.4. The summed E-state index contributed by atoms with van der Waals surface area (Å²) in [6.45, 7) is 4.97. The molecular weight excluding hydrogens is 296 g/mol. The molecule has 1 unspecified atom stereocenters. The largest absolute Gasteiger partial charge is 0.493 e. The molecule has 1 aromatic rings. The van der Waals surface area contributed by atoms with Gasteiger partial charge in [-0.05, 0) is 24.1 Å². The molecule has 0 aliphatic carbocycles. The molecule has 4 heteroatoms. The molecule has 0 bridgehead atoms. The quantitative estimate of drug-likeness (QED) is 0.595. The molecule has 18 heavy (non-hydrogen) atoms. The maximum absolute atomic E-state index is 11.4. The highest BCUT2D eigenvalue weighted by Crippen LogP contribution is 2.18. The Kier molecular flexibility index (Phi) is 6.19. The Hall–Kier alpha value is -1.03. The summed E-state index contributed by atoms with van der Waals surface area (Å²) in [5.41, 5.74) is 0.509. The van der Waals surface area contributed by atoms with E-state index in [1.165, 1.54) is 7.11 Å². The number of carbonyl (C=O) groups excluding carboxylic acids is 1. The number of methoxy groups -OCH3 is 1. The van der Waals surface area contributed by atoms with Gasteiger partial charge in [0.25, 0.3) is 0 Å². The average Bonchev–Trinajstić information content (AvgIpc) is 2.38. The minimum Gasteiger partial charge on any atom is -0.493 e. The normalized spacial score (nSPS) is 12.3. The number of benzene rings is 1. The van der Waals surface area contributed by atoms with E-state index < -0.39 is 0 Å². The first-order valence-electron chi connectivity index (χ1n) is 5.95. The standard InChI is InChI=1S/C14H19BrO3/c1-10(2)12(8-15)9-18-13-6-4-5-11(7-13)14(16)17-3/h4-7,10,12H,8-9H2,1-3H3. The van der Waals surface area contributed by atoms with Crippen molar-refractivity contribution >= 4 is 21.9 Å². The first-order valence-corrected chi connectivity index (χ1v) is 7.07. The number of hydrogen-bond donors (Lipinski definition) is 0. The van der Waals surface area contributed by atoms with Crippen molar-refractivity contribution in [1.82, 2.24) is 0 Å². The molecule has 0 N–H and O–H groups in total. The van der Waals surface area contributed by atoms with Crippen LogP contribution in [-0.2, 0) is 4.74 Å². The second-order valence-electron chi connectivity index (χ2n) is 4.49. The van der Waals surface area contributed by atoms with E-state index in [9.17, 15) is 4.79 Å². The SMILES string of the molecule is COC(=O)c1cccc(OCC(CBr)C(C)C)c1. The number of ether oxygens (including phenoxy) is 2. The fourth-order valence-corrected chi connectivity index (χ4v) is 2.38. The fourth-order valence-electron chi connectivity index (χ4n) is 1.45. The Bertz CT molecular complexity index is 390. The Labute approximate surface area is 117 Å². The van der Waals surface area contributed by atoms with E-state index in [1.54, 1.807) is 18.2 Å². The molecule has 100 valence electrons. The highest BCUT2D eigenvalue weighted by Gasteiger charge is 2.13. The zero-order chi connectivity index (χ0) is 13.5. The van der Waals surface area contributed by atoms with Gasteiger partial charge in [-0.25, -0.2) is 4.79 Å². The highest BCUT2D eigenvalue weighted by atomic mass is 79.9. The first kappa shape index (κ1) is 15.0. The van der Waals surface area contributed by atoms with E-state index in [4.69, 9.17) is 4.74 Å². The molecule has 0 aromatic heterocycles. The van der Waals surface area contributed by atoms with Crippen LogP contribution in [0.5, 0.6) is 5.75 Å². The van der Waals surface area contributed by atoms with Crippen LogP contribution >= 0.6 is 15.9 Å². The maximum atomic E-state index is 11.4. The van der Waals surface area contributed by atoms with E-state index >= 15 is 0 Å². The van der Waals surface area contributed by atoms with Crippen molar-refractivity contribution in [2.24, 2.45) is 11.8 Å². The van der Waals surface area contributed by atoms with Crippen molar-refractivity contribution in [3.05, 3.63) is 29.8 Å². The van der Waals surface area contributed by atoms with E-state index in [0.29, 0.717) is 29.8 Å². The molecule has 0 fully saturated rings. The molecular formula is C14H19BrO3. The Morgan fingerprint density at radius 2 is 2.11 bits per heavy atom. The molecule has 0 amide bonds. The molecule has 3 nitrogen and oxygen atoms in total. The number of rotatable bonds is 6. The van der Waals surface area contributed by atoms with Gasteiger partial charge in [-0.15, -0.1) is 0 Å². The fraction of sp³-hybridized carbons (Fsp3) is 0.500. The zero-order valence-electron chi connectivity index (χ0n) is 11.0. The second kappa shape index (κ2) is 7.41. The summed E-state index contributed by atoms with van der Waals surface area (Å²) in [4.78, 5) is 11.4. The molecule has 0 spiro atoms. The lowest BCUT2D eigenvalue weighted by molar-refractivity contribution is 0.0600. The van der Waals surface area contributed by atoms with Crippen LogP contribution in [0.25, 0.3) is 0 Å². The van der Waals surface area contributed by atoms with Crippen LogP contribution in [0.15, 0.2) is 24.3 Å². The van der Waals surface area contributed by atoms with Gasteiger partial charge in [0, 0.05) is 11.2 Å². The van der Waals surface area contributed by atoms with Crippen molar-refractivity contribution in [2.75, 3.05) is 19.0 Å². The molecule has 0 saturated carbocycles. The third kappa shape index (κ3) is 4.33. The van der Waals surface area contributed by atoms with Gasteiger partial charge >= 0.3 is 5.97 Å². The molecule has 0 saturated heterocycles. The van der Waals surface area contributed by atoms with Crippen LogP contribution in [-0.4, -0.2) is 25.0 Å². The van der Waals surface area contributed by atoms with Gasteiger partial charge in [0.2, 0.25) is 0 Å². The van der Waals surface area contributed by atoms with Gasteiger partial charge in [0.15, 0.2) is 0 Å². The van der Waals surface area contributed by atoms with Crippen LogP contribution in [0.4, 0.5) is 0 Å². The maximum Gasteiger partial charge on any atom is 0.337 e. The monoisotopic (exact) mass is 314 g/mol. The summed E-state index contributed by atoms with van der Waals surface area (Å²) >= 11 is 3.48. The number of alkyl halides is 1. The second-order valence-corrected chi connectivity index (χ2v) is 5.14. The van der Waals surface area contributed by atoms with Crippen LogP contribution in [0.1, 0.15) is 24.2 Å².